The summed E-state index contributed by atoms with van der Waals surface area (Å²) in [6, 6.07) is 15.7. The number of anilines is 1. The van der Waals surface area contributed by atoms with E-state index in [1.54, 1.807) is 4.90 Å². The maximum absolute atomic E-state index is 12.8. The zero-order chi connectivity index (χ0) is 23.5. The number of aryl methyl sites for hydroxylation is 1. The highest BCUT2D eigenvalue weighted by Gasteiger charge is 2.34. The second-order valence-electron chi connectivity index (χ2n) is 8.04. The summed E-state index contributed by atoms with van der Waals surface area (Å²) in [5, 5.41) is 3.40. The molecule has 1 aliphatic rings. The predicted molar refractivity (Wildman–Crippen MR) is 126 cm³/mol. The van der Waals surface area contributed by atoms with Crippen LogP contribution in [0.3, 0.4) is 0 Å². The number of rotatable bonds is 7. The SMILES string of the molecule is CCN1Cc2c(NC(C)c3ccc(Oc4ccc(C)cc4)cc3)ncc(C(=O)OC)c2C1=O. The molecule has 3 aromatic rings. The Morgan fingerprint density at radius 2 is 1.76 bits per heavy atom. The molecule has 4 rings (SSSR count). The maximum atomic E-state index is 12.8. The van der Waals surface area contributed by atoms with E-state index < -0.39 is 5.97 Å². The molecule has 1 amide bonds. The lowest BCUT2D eigenvalue weighted by Gasteiger charge is -2.18. The molecule has 0 aliphatic carbocycles. The number of amides is 1. The molecule has 7 nitrogen and oxygen atoms in total. The zero-order valence-corrected chi connectivity index (χ0v) is 19.2. The number of pyridine rings is 1. The lowest BCUT2D eigenvalue weighted by Crippen LogP contribution is -2.24. The van der Waals surface area contributed by atoms with E-state index in [1.807, 2.05) is 69.3 Å². The molecule has 0 radical (unpaired) electrons. The Hall–Kier alpha value is -3.87. The number of carbonyl (C=O) groups excluding carboxylic acids is 2. The monoisotopic (exact) mass is 445 g/mol. The van der Waals surface area contributed by atoms with Crippen LogP contribution < -0.4 is 10.1 Å². The number of hydrogen-bond donors (Lipinski definition) is 1. The summed E-state index contributed by atoms with van der Waals surface area (Å²) in [5.41, 5.74) is 3.51. The van der Waals surface area contributed by atoms with Crippen LogP contribution in [-0.4, -0.2) is 35.4 Å². The Morgan fingerprint density at radius 3 is 2.36 bits per heavy atom. The van der Waals surface area contributed by atoms with E-state index in [0.29, 0.717) is 24.5 Å². The predicted octanol–water partition coefficient (Wildman–Crippen LogP) is 5.12. The minimum Gasteiger partial charge on any atom is -0.465 e. The minimum absolute atomic E-state index is 0.0789. The average molecular weight is 446 g/mol. The highest BCUT2D eigenvalue weighted by Crippen LogP contribution is 2.33. The van der Waals surface area contributed by atoms with E-state index in [0.717, 1.165) is 22.6 Å². The fourth-order valence-corrected chi connectivity index (χ4v) is 3.87. The zero-order valence-electron chi connectivity index (χ0n) is 19.2. The molecule has 1 aliphatic heterocycles. The van der Waals surface area contributed by atoms with Crippen LogP contribution in [-0.2, 0) is 11.3 Å². The fourth-order valence-electron chi connectivity index (χ4n) is 3.87. The Morgan fingerprint density at radius 1 is 1.12 bits per heavy atom. The molecule has 0 bridgehead atoms. The van der Waals surface area contributed by atoms with Gasteiger partial charge in [0.15, 0.2) is 0 Å². The molecular formula is C26H27N3O4. The number of carbonyl (C=O) groups is 2. The Bertz CT molecular complexity index is 1170. The van der Waals surface area contributed by atoms with Crippen LogP contribution >= 0.6 is 0 Å². The first kappa shape index (κ1) is 22.3. The summed E-state index contributed by atoms with van der Waals surface area (Å²) in [7, 11) is 1.30. The molecule has 1 unspecified atom stereocenters. The van der Waals surface area contributed by atoms with Gasteiger partial charge in [-0.25, -0.2) is 9.78 Å². The molecule has 2 heterocycles. The van der Waals surface area contributed by atoms with Gasteiger partial charge in [0.2, 0.25) is 0 Å². The van der Waals surface area contributed by atoms with Crippen molar-refractivity contribution in [3.8, 4) is 11.5 Å². The van der Waals surface area contributed by atoms with Crippen LogP contribution in [0.4, 0.5) is 5.82 Å². The third-order valence-electron chi connectivity index (χ3n) is 5.81. The van der Waals surface area contributed by atoms with Gasteiger partial charge >= 0.3 is 5.97 Å². The van der Waals surface area contributed by atoms with Crippen LogP contribution in [0.1, 0.15) is 57.3 Å². The Labute approximate surface area is 193 Å². The van der Waals surface area contributed by atoms with E-state index in [-0.39, 0.29) is 17.5 Å². The van der Waals surface area contributed by atoms with Gasteiger partial charge in [-0.2, -0.15) is 0 Å². The van der Waals surface area contributed by atoms with Crippen molar-refractivity contribution in [3.05, 3.63) is 82.5 Å². The van der Waals surface area contributed by atoms with Gasteiger partial charge < -0.3 is 19.7 Å². The van der Waals surface area contributed by atoms with Gasteiger partial charge in [0.25, 0.3) is 5.91 Å². The standard InChI is InChI=1S/C26H27N3O4/c1-5-29-15-22-23(25(29)30)21(26(31)32-4)14-27-24(22)28-17(3)18-8-12-20(13-9-18)33-19-10-6-16(2)7-11-19/h6-14,17H,5,15H2,1-4H3,(H,27,28). The van der Waals surface area contributed by atoms with Gasteiger partial charge in [0.1, 0.15) is 17.3 Å². The van der Waals surface area contributed by atoms with Crippen molar-refractivity contribution < 1.29 is 19.1 Å². The summed E-state index contributed by atoms with van der Waals surface area (Å²) in [6.45, 7) is 6.92. The second-order valence-corrected chi connectivity index (χ2v) is 8.04. The topological polar surface area (TPSA) is 80.8 Å². The molecule has 0 saturated carbocycles. The smallest absolute Gasteiger partial charge is 0.340 e. The van der Waals surface area contributed by atoms with Gasteiger partial charge in [0, 0.05) is 24.3 Å². The third kappa shape index (κ3) is 4.53. The van der Waals surface area contributed by atoms with E-state index in [1.165, 1.54) is 18.9 Å². The number of nitrogens with one attached hydrogen (secondary N) is 1. The van der Waals surface area contributed by atoms with Crippen molar-refractivity contribution in [2.75, 3.05) is 19.0 Å². The summed E-state index contributed by atoms with van der Waals surface area (Å²) in [4.78, 5) is 31.2. The summed E-state index contributed by atoms with van der Waals surface area (Å²) < 4.78 is 10.8. The van der Waals surface area contributed by atoms with E-state index in [9.17, 15) is 9.59 Å². The molecular weight excluding hydrogens is 418 g/mol. The average Bonchev–Trinajstić information content (AvgIpc) is 3.17. The van der Waals surface area contributed by atoms with Crippen molar-refractivity contribution in [1.82, 2.24) is 9.88 Å². The summed E-state index contributed by atoms with van der Waals surface area (Å²) in [6.07, 6.45) is 1.41. The Kier molecular flexibility index (Phi) is 6.31. The third-order valence-corrected chi connectivity index (χ3v) is 5.81. The van der Waals surface area contributed by atoms with Crippen LogP contribution in [0.5, 0.6) is 11.5 Å². The lowest BCUT2D eigenvalue weighted by molar-refractivity contribution is 0.0593. The second kappa shape index (κ2) is 9.32. The number of fused-ring (bicyclic) bond motifs is 1. The van der Waals surface area contributed by atoms with Crippen molar-refractivity contribution in [3.63, 3.8) is 0 Å². The molecule has 1 atom stereocenters. The number of aromatic nitrogens is 1. The number of hydrogen-bond acceptors (Lipinski definition) is 6. The molecule has 2 aromatic carbocycles. The van der Waals surface area contributed by atoms with Gasteiger partial charge in [-0.15, -0.1) is 0 Å². The molecule has 0 saturated heterocycles. The first-order valence-electron chi connectivity index (χ1n) is 10.9. The molecule has 1 aromatic heterocycles. The van der Waals surface area contributed by atoms with Crippen LogP contribution in [0.2, 0.25) is 0 Å². The highest BCUT2D eigenvalue weighted by molar-refractivity contribution is 6.08. The number of benzene rings is 2. The van der Waals surface area contributed by atoms with Crippen molar-refractivity contribution >= 4 is 17.7 Å². The van der Waals surface area contributed by atoms with E-state index in [2.05, 4.69) is 10.3 Å². The molecule has 7 heteroatoms. The van der Waals surface area contributed by atoms with E-state index in [4.69, 9.17) is 9.47 Å². The van der Waals surface area contributed by atoms with Gasteiger partial charge in [-0.05, 0) is 50.6 Å². The van der Waals surface area contributed by atoms with Crippen molar-refractivity contribution in [2.45, 2.75) is 33.4 Å². The molecule has 170 valence electrons. The lowest BCUT2D eigenvalue weighted by atomic mass is 10.0. The van der Waals surface area contributed by atoms with Gasteiger partial charge in [0.05, 0.1) is 24.8 Å². The number of esters is 1. The maximum Gasteiger partial charge on any atom is 0.340 e. The number of ether oxygens (including phenoxy) is 2. The highest BCUT2D eigenvalue weighted by atomic mass is 16.5. The minimum atomic E-state index is -0.561. The van der Waals surface area contributed by atoms with Crippen molar-refractivity contribution in [1.29, 1.82) is 0 Å². The Balaban J connectivity index is 1.54. The first-order valence-corrected chi connectivity index (χ1v) is 10.9. The summed E-state index contributed by atoms with van der Waals surface area (Å²) >= 11 is 0. The fraction of sp³-hybridized carbons (Fsp3) is 0.269. The van der Waals surface area contributed by atoms with Crippen LogP contribution in [0, 0.1) is 6.92 Å². The molecule has 33 heavy (non-hydrogen) atoms. The van der Waals surface area contributed by atoms with Gasteiger partial charge in [-0.1, -0.05) is 29.8 Å². The van der Waals surface area contributed by atoms with Gasteiger partial charge in [-0.3, -0.25) is 4.79 Å². The van der Waals surface area contributed by atoms with E-state index >= 15 is 0 Å². The number of nitrogens with zero attached hydrogens (tertiary/aromatic N) is 2. The largest absolute Gasteiger partial charge is 0.465 e. The van der Waals surface area contributed by atoms with Crippen LogP contribution in [0.15, 0.2) is 54.7 Å². The summed E-state index contributed by atoms with van der Waals surface area (Å²) in [5.74, 6) is 1.39. The normalized spacial score (nSPS) is 13.5. The van der Waals surface area contributed by atoms with Crippen LogP contribution in [0.25, 0.3) is 0 Å². The quantitative estimate of drug-likeness (QED) is 0.509. The number of methoxy groups -OCH3 is 1. The molecule has 1 N–H and O–H groups in total. The molecule has 0 spiro atoms. The first-order chi connectivity index (χ1) is 15.9. The molecule has 0 fully saturated rings. The van der Waals surface area contributed by atoms with Crippen molar-refractivity contribution in [2.24, 2.45) is 0 Å².